The molecular weight excluding hydrogens is 295 g/mol. The van der Waals surface area contributed by atoms with E-state index in [1.54, 1.807) is 0 Å². The molecule has 20 heavy (non-hydrogen) atoms. The van der Waals surface area contributed by atoms with Crippen molar-refractivity contribution in [1.82, 2.24) is 10.3 Å². The molecule has 0 bridgehead atoms. The fraction of sp³-hybridized carbons (Fsp3) is 0.400. The monoisotopic (exact) mass is 312 g/mol. The molecule has 0 amide bonds. The van der Waals surface area contributed by atoms with Gasteiger partial charge in [-0.15, -0.1) is 12.4 Å². The van der Waals surface area contributed by atoms with Gasteiger partial charge in [0, 0.05) is 23.9 Å². The Balaban J connectivity index is 0.00000147. The van der Waals surface area contributed by atoms with Gasteiger partial charge >= 0.3 is 0 Å². The van der Waals surface area contributed by atoms with Crippen molar-refractivity contribution in [3.63, 3.8) is 0 Å². The molecule has 1 unspecified atom stereocenters. The molecule has 1 saturated heterocycles. The van der Waals surface area contributed by atoms with Gasteiger partial charge in [0.2, 0.25) is 0 Å². The zero-order chi connectivity index (χ0) is 13.1. The van der Waals surface area contributed by atoms with Gasteiger partial charge in [-0.1, -0.05) is 23.7 Å². The number of hydrogen-bond donors (Lipinski definition) is 1. The van der Waals surface area contributed by atoms with Crippen LogP contribution in [0.3, 0.4) is 0 Å². The van der Waals surface area contributed by atoms with E-state index in [0.29, 0.717) is 5.92 Å². The van der Waals surface area contributed by atoms with Crippen LogP contribution in [0, 0.1) is 0 Å². The lowest BCUT2D eigenvalue weighted by Crippen LogP contribution is -2.28. The number of nitrogens with zero attached hydrogens (tertiary/aromatic N) is 1. The Morgan fingerprint density at radius 2 is 2.30 bits per heavy atom. The topological polar surface area (TPSA) is 38.1 Å². The van der Waals surface area contributed by atoms with Gasteiger partial charge in [0.15, 0.2) is 5.89 Å². The Morgan fingerprint density at radius 3 is 3.05 bits per heavy atom. The summed E-state index contributed by atoms with van der Waals surface area (Å²) in [5, 5.41) is 4.14. The number of hydrogen-bond acceptors (Lipinski definition) is 3. The van der Waals surface area contributed by atoms with Crippen molar-refractivity contribution < 1.29 is 4.42 Å². The SMILES string of the molecule is Cl.Clc1cccc(Cc2cnc(C3CCCNC3)o2)c1. The predicted octanol–water partition coefficient (Wildman–Crippen LogP) is 3.81. The molecule has 1 N–H and O–H groups in total. The van der Waals surface area contributed by atoms with Gasteiger partial charge in [0.05, 0.1) is 6.20 Å². The number of rotatable bonds is 3. The van der Waals surface area contributed by atoms with Crippen molar-refractivity contribution in [2.75, 3.05) is 13.1 Å². The molecule has 1 aliphatic heterocycles. The molecule has 0 saturated carbocycles. The lowest BCUT2D eigenvalue weighted by Gasteiger charge is -2.19. The van der Waals surface area contributed by atoms with Crippen molar-refractivity contribution in [3.8, 4) is 0 Å². The van der Waals surface area contributed by atoms with Crippen LogP contribution in [0.2, 0.25) is 5.02 Å². The highest BCUT2D eigenvalue weighted by molar-refractivity contribution is 6.30. The summed E-state index contributed by atoms with van der Waals surface area (Å²) in [6, 6.07) is 7.85. The van der Waals surface area contributed by atoms with E-state index in [1.807, 2.05) is 24.4 Å². The molecule has 0 spiro atoms. The Hall–Kier alpha value is -1.03. The molecule has 1 aromatic carbocycles. The number of aromatic nitrogens is 1. The summed E-state index contributed by atoms with van der Waals surface area (Å²) >= 11 is 5.98. The van der Waals surface area contributed by atoms with Crippen LogP contribution in [0.1, 0.15) is 36.0 Å². The summed E-state index contributed by atoms with van der Waals surface area (Å²) in [5.74, 6) is 2.19. The van der Waals surface area contributed by atoms with Gasteiger partial charge in [0.1, 0.15) is 5.76 Å². The van der Waals surface area contributed by atoms with Gasteiger partial charge in [-0.05, 0) is 37.1 Å². The number of oxazole rings is 1. The third-order valence-corrected chi connectivity index (χ3v) is 3.72. The van der Waals surface area contributed by atoms with Crippen molar-refractivity contribution in [1.29, 1.82) is 0 Å². The summed E-state index contributed by atoms with van der Waals surface area (Å²) < 4.78 is 5.87. The van der Waals surface area contributed by atoms with Crippen molar-refractivity contribution in [2.24, 2.45) is 0 Å². The maximum atomic E-state index is 5.98. The zero-order valence-corrected chi connectivity index (χ0v) is 12.7. The number of halogens is 2. The van der Waals surface area contributed by atoms with Crippen LogP contribution >= 0.6 is 24.0 Å². The van der Waals surface area contributed by atoms with Gasteiger partial charge in [-0.3, -0.25) is 0 Å². The van der Waals surface area contributed by atoms with E-state index in [-0.39, 0.29) is 12.4 Å². The number of piperidine rings is 1. The van der Waals surface area contributed by atoms with Crippen LogP contribution in [0.15, 0.2) is 34.9 Å². The zero-order valence-electron chi connectivity index (χ0n) is 11.1. The largest absolute Gasteiger partial charge is 0.445 e. The molecule has 0 radical (unpaired) electrons. The van der Waals surface area contributed by atoms with E-state index in [1.165, 1.54) is 6.42 Å². The molecule has 5 heteroatoms. The fourth-order valence-corrected chi connectivity index (χ4v) is 2.72. The van der Waals surface area contributed by atoms with E-state index >= 15 is 0 Å². The lowest BCUT2D eigenvalue weighted by molar-refractivity contribution is 0.365. The molecule has 2 heterocycles. The van der Waals surface area contributed by atoms with E-state index in [0.717, 1.165) is 48.2 Å². The summed E-state index contributed by atoms with van der Waals surface area (Å²) in [6.45, 7) is 2.07. The summed E-state index contributed by atoms with van der Waals surface area (Å²) in [6.07, 6.45) is 4.93. The summed E-state index contributed by atoms with van der Waals surface area (Å²) in [7, 11) is 0. The minimum atomic E-state index is 0. The molecular formula is C15H18Cl2N2O. The number of nitrogens with one attached hydrogen (secondary N) is 1. The van der Waals surface area contributed by atoms with Crippen LogP contribution in [-0.4, -0.2) is 18.1 Å². The first-order valence-electron chi connectivity index (χ1n) is 6.71. The highest BCUT2D eigenvalue weighted by Gasteiger charge is 2.20. The predicted molar refractivity (Wildman–Crippen MR) is 82.9 cm³/mol. The molecule has 1 fully saturated rings. The van der Waals surface area contributed by atoms with Crippen LogP contribution < -0.4 is 5.32 Å². The Labute approximate surface area is 130 Å². The van der Waals surface area contributed by atoms with Crippen LogP contribution in [0.4, 0.5) is 0 Å². The Kier molecular flexibility index (Phi) is 5.46. The quantitative estimate of drug-likeness (QED) is 0.936. The highest BCUT2D eigenvalue weighted by Crippen LogP contribution is 2.24. The lowest BCUT2D eigenvalue weighted by atomic mass is 10.00. The first kappa shape index (κ1) is 15.4. The Morgan fingerprint density at radius 1 is 1.40 bits per heavy atom. The average molecular weight is 313 g/mol. The van der Waals surface area contributed by atoms with Crippen molar-refractivity contribution >= 4 is 24.0 Å². The van der Waals surface area contributed by atoms with Gasteiger partial charge in [-0.2, -0.15) is 0 Å². The Bertz CT molecular complexity index is 550. The second-order valence-corrected chi connectivity index (χ2v) is 5.45. The summed E-state index contributed by atoms with van der Waals surface area (Å²) in [4.78, 5) is 4.42. The fourth-order valence-electron chi connectivity index (χ4n) is 2.50. The molecule has 108 valence electrons. The van der Waals surface area contributed by atoms with Crippen molar-refractivity contribution in [3.05, 3.63) is 52.7 Å². The van der Waals surface area contributed by atoms with Crippen LogP contribution in [0.5, 0.6) is 0 Å². The third kappa shape index (κ3) is 3.75. The minimum Gasteiger partial charge on any atom is -0.445 e. The molecule has 1 atom stereocenters. The van der Waals surface area contributed by atoms with E-state index in [4.69, 9.17) is 16.0 Å². The normalized spacial score (nSPS) is 18.6. The summed E-state index contributed by atoms with van der Waals surface area (Å²) in [5.41, 5.74) is 1.15. The first-order chi connectivity index (χ1) is 9.31. The van der Waals surface area contributed by atoms with E-state index < -0.39 is 0 Å². The van der Waals surface area contributed by atoms with Crippen LogP contribution in [-0.2, 0) is 6.42 Å². The highest BCUT2D eigenvalue weighted by atomic mass is 35.5. The third-order valence-electron chi connectivity index (χ3n) is 3.48. The smallest absolute Gasteiger partial charge is 0.198 e. The van der Waals surface area contributed by atoms with Gasteiger partial charge in [-0.25, -0.2) is 4.98 Å². The molecule has 2 aromatic rings. The molecule has 0 aliphatic carbocycles. The van der Waals surface area contributed by atoms with Gasteiger partial charge < -0.3 is 9.73 Å². The molecule has 3 nitrogen and oxygen atoms in total. The molecule has 3 rings (SSSR count). The molecule has 1 aromatic heterocycles. The van der Waals surface area contributed by atoms with Crippen LogP contribution in [0.25, 0.3) is 0 Å². The second kappa shape index (κ2) is 7.11. The maximum Gasteiger partial charge on any atom is 0.198 e. The average Bonchev–Trinajstić information content (AvgIpc) is 2.88. The minimum absolute atomic E-state index is 0. The first-order valence-corrected chi connectivity index (χ1v) is 7.09. The van der Waals surface area contributed by atoms with Crippen molar-refractivity contribution in [2.45, 2.75) is 25.2 Å². The molecule has 1 aliphatic rings. The van der Waals surface area contributed by atoms with E-state index in [2.05, 4.69) is 16.4 Å². The van der Waals surface area contributed by atoms with Gasteiger partial charge in [0.25, 0.3) is 0 Å². The number of benzene rings is 1. The standard InChI is InChI=1S/C15H17ClN2O.ClH/c16-13-5-1-3-11(7-13)8-14-10-18-15(19-14)12-4-2-6-17-9-12;/h1,3,5,7,10,12,17H,2,4,6,8-9H2;1H. The maximum absolute atomic E-state index is 5.98. The van der Waals surface area contributed by atoms with E-state index in [9.17, 15) is 0 Å². The second-order valence-electron chi connectivity index (χ2n) is 5.01.